The molecule has 0 fully saturated rings. The molecule has 0 saturated heterocycles. The summed E-state index contributed by atoms with van der Waals surface area (Å²) in [4.78, 5) is 4.87. The molecule has 4 rings (SSSR count). The van der Waals surface area contributed by atoms with Crippen molar-refractivity contribution in [2.75, 3.05) is 6.61 Å². The molecule has 0 amide bonds. The van der Waals surface area contributed by atoms with Crippen molar-refractivity contribution in [2.24, 2.45) is 4.99 Å². The Morgan fingerprint density at radius 1 is 0.645 bits per heavy atom. The highest BCUT2D eigenvalue weighted by molar-refractivity contribution is 8.14. The summed E-state index contributed by atoms with van der Waals surface area (Å²) in [6.45, 7) is 2.55. The van der Waals surface area contributed by atoms with Gasteiger partial charge in [0.1, 0.15) is 0 Å². The summed E-state index contributed by atoms with van der Waals surface area (Å²) in [7, 11) is 0. The quantitative estimate of drug-likeness (QED) is 0.183. The van der Waals surface area contributed by atoms with Gasteiger partial charge in [-0.1, -0.05) is 109 Å². The van der Waals surface area contributed by atoms with Gasteiger partial charge in [0.15, 0.2) is 0 Å². The molecule has 0 N–H and O–H groups in total. The summed E-state index contributed by atoms with van der Waals surface area (Å²) < 4.78 is 5.57. The monoisotopic (exact) mass is 423 g/mol. The Kier molecular flexibility index (Phi) is 6.85. The molecular formula is C28H25NOS. The van der Waals surface area contributed by atoms with E-state index < -0.39 is 4.75 Å². The summed E-state index contributed by atoms with van der Waals surface area (Å²) in [5.74, 6) is 0. The topological polar surface area (TPSA) is 21.6 Å². The number of para-hydroxylation sites is 1. The molecule has 4 aromatic rings. The molecule has 154 valence electrons. The first-order valence-corrected chi connectivity index (χ1v) is 11.3. The number of hydrogen-bond acceptors (Lipinski definition) is 3. The van der Waals surface area contributed by atoms with Gasteiger partial charge in [0, 0.05) is 0 Å². The van der Waals surface area contributed by atoms with Gasteiger partial charge in [-0.2, -0.15) is 0 Å². The molecule has 0 saturated carbocycles. The van der Waals surface area contributed by atoms with Gasteiger partial charge in [-0.25, -0.2) is 4.99 Å². The summed E-state index contributed by atoms with van der Waals surface area (Å²) in [5.41, 5.74) is 4.41. The van der Waals surface area contributed by atoms with Gasteiger partial charge in [-0.05, 0) is 47.5 Å². The minimum Gasteiger partial charge on any atom is -0.473 e. The molecule has 4 aromatic carbocycles. The molecule has 3 heteroatoms. The van der Waals surface area contributed by atoms with E-state index in [-0.39, 0.29) is 0 Å². The lowest BCUT2D eigenvalue weighted by molar-refractivity contribution is 0.338. The average molecular weight is 424 g/mol. The van der Waals surface area contributed by atoms with E-state index in [1.54, 1.807) is 11.8 Å². The molecule has 0 aliphatic rings. The van der Waals surface area contributed by atoms with Gasteiger partial charge in [0.2, 0.25) is 0 Å². The van der Waals surface area contributed by atoms with Crippen LogP contribution in [0.4, 0.5) is 5.69 Å². The van der Waals surface area contributed by atoms with Crippen LogP contribution in [0.25, 0.3) is 0 Å². The van der Waals surface area contributed by atoms with Crippen molar-refractivity contribution in [2.45, 2.75) is 11.7 Å². The van der Waals surface area contributed by atoms with E-state index in [9.17, 15) is 0 Å². The second kappa shape index (κ2) is 10.1. The number of rotatable bonds is 6. The zero-order chi connectivity index (χ0) is 21.4. The third-order valence-corrected chi connectivity index (χ3v) is 6.42. The number of hydrogen-bond donors (Lipinski definition) is 0. The van der Waals surface area contributed by atoms with E-state index >= 15 is 0 Å². The number of ether oxygens (including phenoxy) is 1. The van der Waals surface area contributed by atoms with Crippen molar-refractivity contribution in [1.82, 2.24) is 0 Å². The van der Waals surface area contributed by atoms with E-state index in [1.807, 2.05) is 37.3 Å². The highest BCUT2D eigenvalue weighted by Crippen LogP contribution is 2.49. The Bertz CT molecular complexity index is 1000. The van der Waals surface area contributed by atoms with Gasteiger partial charge >= 0.3 is 0 Å². The average Bonchev–Trinajstić information content (AvgIpc) is 2.85. The van der Waals surface area contributed by atoms with Crippen molar-refractivity contribution in [1.29, 1.82) is 0 Å². The van der Waals surface area contributed by atoms with Crippen LogP contribution in [0.2, 0.25) is 0 Å². The predicted octanol–water partition coefficient (Wildman–Crippen LogP) is 7.44. The third-order valence-electron chi connectivity index (χ3n) is 5.03. The maximum absolute atomic E-state index is 6.08. The number of nitrogens with zero attached hydrogens (tertiary/aromatic N) is 1. The smallest absolute Gasteiger partial charge is 0.252 e. The van der Waals surface area contributed by atoms with E-state index in [2.05, 4.69) is 91.0 Å². The molecule has 31 heavy (non-hydrogen) atoms. The lowest BCUT2D eigenvalue weighted by Gasteiger charge is -2.35. The van der Waals surface area contributed by atoms with Crippen molar-refractivity contribution >= 4 is 22.7 Å². The Morgan fingerprint density at radius 2 is 1.03 bits per heavy atom. The molecular weight excluding hydrogens is 398 g/mol. The van der Waals surface area contributed by atoms with Crippen molar-refractivity contribution in [3.05, 3.63) is 138 Å². The first kappa shape index (κ1) is 21.0. The van der Waals surface area contributed by atoms with Crippen LogP contribution in [0, 0.1) is 0 Å². The van der Waals surface area contributed by atoms with E-state index in [4.69, 9.17) is 9.73 Å². The largest absolute Gasteiger partial charge is 0.473 e. The predicted molar refractivity (Wildman–Crippen MR) is 132 cm³/mol. The maximum atomic E-state index is 6.08. The fraction of sp³-hybridized carbons (Fsp3) is 0.107. The third kappa shape index (κ3) is 4.73. The van der Waals surface area contributed by atoms with Gasteiger partial charge < -0.3 is 4.74 Å². The van der Waals surface area contributed by atoms with Crippen molar-refractivity contribution in [3.63, 3.8) is 0 Å². The zero-order valence-corrected chi connectivity index (χ0v) is 18.3. The van der Waals surface area contributed by atoms with Crippen LogP contribution in [0.3, 0.4) is 0 Å². The molecule has 0 aliphatic carbocycles. The van der Waals surface area contributed by atoms with Gasteiger partial charge in [0.25, 0.3) is 5.23 Å². The molecule has 0 aromatic heterocycles. The number of benzene rings is 4. The molecule has 0 bridgehead atoms. The SMILES string of the molecule is CCOC(=Nc1ccccc1)SC(c1ccccc1)(c1ccccc1)c1ccccc1. The standard InChI is InChI=1S/C28H25NOS/c1-2-30-27(29-26-21-13-6-14-22-26)31-28(23-15-7-3-8-16-23,24-17-9-4-10-18-24)25-19-11-5-12-20-25/h3-22H,2H2,1H3. The summed E-state index contributed by atoms with van der Waals surface area (Å²) in [6, 6.07) is 41.7. The Morgan fingerprint density at radius 3 is 1.42 bits per heavy atom. The van der Waals surface area contributed by atoms with Crippen molar-refractivity contribution < 1.29 is 4.74 Å². The normalized spacial score (nSPS) is 11.8. The number of aliphatic imine (C=N–C) groups is 1. The minimum absolute atomic E-state index is 0.507. The molecule has 0 aliphatic heterocycles. The van der Waals surface area contributed by atoms with E-state index in [0.29, 0.717) is 11.8 Å². The summed E-state index contributed by atoms with van der Waals surface area (Å²) in [6.07, 6.45) is 0. The van der Waals surface area contributed by atoms with Crippen LogP contribution < -0.4 is 0 Å². The highest BCUT2D eigenvalue weighted by atomic mass is 32.2. The lowest BCUT2D eigenvalue weighted by atomic mass is 9.84. The number of thioether (sulfide) groups is 1. The van der Waals surface area contributed by atoms with Gasteiger partial charge in [-0.3, -0.25) is 0 Å². The Hall–Kier alpha value is -3.30. The molecule has 0 atom stereocenters. The summed E-state index contributed by atoms with van der Waals surface area (Å²) in [5, 5.41) is 0.644. The fourth-order valence-electron chi connectivity index (χ4n) is 3.64. The van der Waals surface area contributed by atoms with Gasteiger partial charge in [-0.15, -0.1) is 0 Å². The first-order valence-electron chi connectivity index (χ1n) is 10.4. The van der Waals surface area contributed by atoms with E-state index in [0.717, 1.165) is 5.69 Å². The zero-order valence-electron chi connectivity index (χ0n) is 17.5. The van der Waals surface area contributed by atoms with Crippen LogP contribution in [0.1, 0.15) is 23.6 Å². The Balaban J connectivity index is 1.94. The molecule has 0 radical (unpaired) electrons. The fourth-order valence-corrected chi connectivity index (χ4v) is 4.99. The molecule has 0 heterocycles. The summed E-state index contributed by atoms with van der Waals surface area (Å²) >= 11 is 1.64. The van der Waals surface area contributed by atoms with E-state index in [1.165, 1.54) is 16.7 Å². The second-order valence-corrected chi connectivity index (χ2v) is 8.19. The minimum atomic E-state index is -0.507. The lowest BCUT2D eigenvalue weighted by Crippen LogP contribution is -2.28. The first-order chi connectivity index (χ1) is 15.3. The molecule has 0 unspecified atom stereocenters. The van der Waals surface area contributed by atoms with Crippen LogP contribution in [-0.4, -0.2) is 11.8 Å². The molecule has 2 nitrogen and oxygen atoms in total. The van der Waals surface area contributed by atoms with Crippen LogP contribution in [-0.2, 0) is 9.48 Å². The van der Waals surface area contributed by atoms with Crippen LogP contribution >= 0.6 is 11.8 Å². The second-order valence-electron chi connectivity index (χ2n) is 7.03. The van der Waals surface area contributed by atoms with Crippen molar-refractivity contribution in [3.8, 4) is 0 Å². The Labute approximate surface area is 188 Å². The van der Waals surface area contributed by atoms with Crippen LogP contribution in [0.5, 0.6) is 0 Å². The molecule has 0 spiro atoms. The van der Waals surface area contributed by atoms with Crippen LogP contribution in [0.15, 0.2) is 126 Å². The van der Waals surface area contributed by atoms with Gasteiger partial charge in [0.05, 0.1) is 17.0 Å². The maximum Gasteiger partial charge on any atom is 0.252 e. The highest BCUT2D eigenvalue weighted by Gasteiger charge is 2.39.